The Morgan fingerprint density at radius 1 is 0.974 bits per heavy atom. The van der Waals surface area contributed by atoms with Crippen LogP contribution in [0.15, 0.2) is 30.3 Å². The van der Waals surface area contributed by atoms with E-state index in [9.17, 15) is 29.7 Å². The molecule has 1 aliphatic rings. The molecule has 2 aromatic rings. The number of aliphatic hydroxyl groups excluding tert-OH is 1. The van der Waals surface area contributed by atoms with Gasteiger partial charge >= 0.3 is 17.9 Å². The number of fused-ring (bicyclic) bond motifs is 1. The third-order valence-corrected chi connectivity index (χ3v) is 8.46. The fourth-order valence-electron chi connectivity index (χ4n) is 6.23. The molecule has 0 saturated heterocycles. The molecule has 0 aromatic heterocycles. The Balaban J connectivity index is 2.12. The van der Waals surface area contributed by atoms with E-state index in [0.29, 0.717) is 36.1 Å². The van der Waals surface area contributed by atoms with Gasteiger partial charge in [0, 0.05) is 13.5 Å². The largest absolute Gasteiger partial charge is 0.481 e. The third kappa shape index (κ3) is 6.35. The molecule has 4 atom stereocenters. The second kappa shape index (κ2) is 12.8. The maximum Gasteiger partial charge on any atom is 0.318 e. The molecular weight excluding hydrogens is 496 g/mol. The van der Waals surface area contributed by atoms with Gasteiger partial charge in [-0.3, -0.25) is 14.4 Å². The second-order valence-electron chi connectivity index (χ2n) is 11.2. The zero-order chi connectivity index (χ0) is 28.9. The van der Waals surface area contributed by atoms with Crippen LogP contribution >= 0.6 is 0 Å². The summed E-state index contributed by atoms with van der Waals surface area (Å²) >= 11 is 0. The van der Waals surface area contributed by atoms with Gasteiger partial charge in [-0.05, 0) is 103 Å². The zero-order valence-corrected chi connectivity index (χ0v) is 23.8. The van der Waals surface area contributed by atoms with E-state index in [-0.39, 0.29) is 37.3 Å². The van der Waals surface area contributed by atoms with Crippen molar-refractivity contribution in [1.29, 1.82) is 0 Å². The Bertz CT molecular complexity index is 1220. The summed E-state index contributed by atoms with van der Waals surface area (Å²) < 4.78 is 5.08. The van der Waals surface area contributed by atoms with E-state index in [1.54, 1.807) is 0 Å². The van der Waals surface area contributed by atoms with Gasteiger partial charge in [0.15, 0.2) is 0 Å². The molecule has 0 fully saturated rings. The number of aliphatic hydroxyl groups is 1. The molecule has 0 aliphatic heterocycles. The average molecular weight is 539 g/mol. The molecule has 39 heavy (non-hydrogen) atoms. The Kier molecular flexibility index (Phi) is 9.94. The highest BCUT2D eigenvalue weighted by Crippen LogP contribution is 2.49. The Morgan fingerprint density at radius 3 is 2.21 bits per heavy atom. The van der Waals surface area contributed by atoms with E-state index < -0.39 is 23.3 Å². The molecule has 0 saturated carbocycles. The predicted molar refractivity (Wildman–Crippen MR) is 149 cm³/mol. The van der Waals surface area contributed by atoms with Crippen molar-refractivity contribution in [2.24, 2.45) is 0 Å². The molecule has 0 bridgehead atoms. The van der Waals surface area contributed by atoms with Crippen molar-refractivity contribution >= 4 is 17.9 Å². The molecular formula is C32H42O7. The Labute approximate surface area is 231 Å². The van der Waals surface area contributed by atoms with Gasteiger partial charge in [-0.25, -0.2) is 0 Å². The maximum atomic E-state index is 13.2. The van der Waals surface area contributed by atoms with Crippen LogP contribution in [-0.2, 0) is 24.5 Å². The van der Waals surface area contributed by atoms with E-state index in [4.69, 9.17) is 4.74 Å². The van der Waals surface area contributed by atoms with E-state index in [1.807, 2.05) is 44.2 Å². The van der Waals surface area contributed by atoms with Crippen LogP contribution in [0.1, 0.15) is 116 Å². The molecule has 0 amide bonds. The highest BCUT2D eigenvalue weighted by molar-refractivity contribution is 5.90. The van der Waals surface area contributed by atoms with Crippen molar-refractivity contribution in [2.45, 2.75) is 96.3 Å². The lowest BCUT2D eigenvalue weighted by molar-refractivity contribution is -0.145. The minimum atomic E-state index is -1.36. The first kappa shape index (κ1) is 30.4. The van der Waals surface area contributed by atoms with Crippen molar-refractivity contribution < 1.29 is 34.4 Å². The third-order valence-electron chi connectivity index (χ3n) is 8.46. The predicted octanol–water partition coefficient (Wildman–Crippen LogP) is 5.96. The number of ether oxygens (including phenoxy) is 1. The summed E-state index contributed by atoms with van der Waals surface area (Å²) in [5.74, 6) is -2.78. The number of hydrogen-bond donors (Lipinski definition) is 3. The molecule has 0 radical (unpaired) electrons. The topological polar surface area (TPSA) is 121 Å². The summed E-state index contributed by atoms with van der Waals surface area (Å²) in [4.78, 5) is 36.6. The molecule has 0 heterocycles. The molecule has 3 rings (SSSR count). The van der Waals surface area contributed by atoms with Gasteiger partial charge < -0.3 is 20.1 Å². The number of carboxylic acid groups (broad SMARTS) is 2. The minimum Gasteiger partial charge on any atom is -0.481 e. The highest BCUT2D eigenvalue weighted by Gasteiger charge is 2.49. The van der Waals surface area contributed by atoms with Gasteiger partial charge in [-0.15, -0.1) is 0 Å². The van der Waals surface area contributed by atoms with E-state index in [0.717, 1.165) is 35.1 Å². The number of carbonyl (C=O) groups excluding carboxylic acids is 1. The van der Waals surface area contributed by atoms with Gasteiger partial charge in [-0.1, -0.05) is 44.2 Å². The SMILES string of the molecule is CC(=O)OCCC[C@H](C)c1cc([C@@]2(C(=O)O)CC[C@H](C(=O)O)c3cc([C@@H](C)CCCO)c(C)cc32)ccc1C. The van der Waals surface area contributed by atoms with Crippen molar-refractivity contribution in [2.75, 3.05) is 13.2 Å². The van der Waals surface area contributed by atoms with Crippen LogP contribution in [0.4, 0.5) is 0 Å². The fraction of sp³-hybridized carbons (Fsp3) is 0.531. The number of benzene rings is 2. The number of esters is 1. The monoisotopic (exact) mass is 538 g/mol. The van der Waals surface area contributed by atoms with Crippen molar-refractivity contribution in [3.8, 4) is 0 Å². The van der Waals surface area contributed by atoms with Gasteiger partial charge in [0.2, 0.25) is 0 Å². The first-order chi connectivity index (χ1) is 18.4. The van der Waals surface area contributed by atoms with Gasteiger partial charge in [0.25, 0.3) is 0 Å². The summed E-state index contributed by atoms with van der Waals surface area (Å²) in [5.41, 5.74) is 4.46. The van der Waals surface area contributed by atoms with Gasteiger partial charge in [0.05, 0.1) is 12.5 Å². The molecule has 2 aromatic carbocycles. The molecule has 212 valence electrons. The van der Waals surface area contributed by atoms with Gasteiger partial charge in [-0.2, -0.15) is 0 Å². The van der Waals surface area contributed by atoms with Crippen LogP contribution in [0.2, 0.25) is 0 Å². The summed E-state index contributed by atoms with van der Waals surface area (Å²) in [6.45, 7) is 9.93. The number of carboxylic acids is 2. The van der Waals surface area contributed by atoms with E-state index in [1.165, 1.54) is 6.92 Å². The second-order valence-corrected chi connectivity index (χ2v) is 11.2. The van der Waals surface area contributed by atoms with Crippen LogP contribution in [0.3, 0.4) is 0 Å². The fourth-order valence-corrected chi connectivity index (χ4v) is 6.23. The standard InChI is InChI=1S/C32H42O7/c1-19(8-6-14-33)27-18-28-25(30(35)36)12-13-32(31(37)38,29(28)16-22(27)4)24-11-10-21(3)26(17-24)20(2)9-7-15-39-23(5)34/h10-11,16-20,25,33H,6-9,12-15H2,1-5H3,(H,35,36)(H,37,38)/t19-,20-,25-,32-/m0/s1. The van der Waals surface area contributed by atoms with Gasteiger partial charge in [0.1, 0.15) is 5.41 Å². The maximum absolute atomic E-state index is 13.2. The molecule has 7 heteroatoms. The number of aryl methyl sites for hydroxylation is 2. The lowest BCUT2D eigenvalue weighted by atomic mass is 9.62. The molecule has 0 spiro atoms. The molecule has 3 N–H and O–H groups in total. The normalized spacial score (nSPS) is 20.1. The average Bonchev–Trinajstić information content (AvgIpc) is 2.88. The van der Waals surface area contributed by atoms with Crippen molar-refractivity contribution in [1.82, 2.24) is 0 Å². The van der Waals surface area contributed by atoms with E-state index >= 15 is 0 Å². The lowest BCUT2D eigenvalue weighted by Crippen LogP contribution is -2.42. The first-order valence-corrected chi connectivity index (χ1v) is 13.9. The Morgan fingerprint density at radius 2 is 1.62 bits per heavy atom. The minimum absolute atomic E-state index is 0.0894. The number of hydrogen-bond acceptors (Lipinski definition) is 5. The number of rotatable bonds is 12. The number of carbonyl (C=O) groups is 3. The van der Waals surface area contributed by atoms with Crippen LogP contribution in [0, 0.1) is 13.8 Å². The summed E-state index contributed by atoms with van der Waals surface area (Å²) in [5, 5.41) is 30.2. The first-order valence-electron chi connectivity index (χ1n) is 13.9. The van der Waals surface area contributed by atoms with Crippen LogP contribution in [0.5, 0.6) is 0 Å². The quantitative estimate of drug-likeness (QED) is 0.225. The lowest BCUT2D eigenvalue weighted by Gasteiger charge is -2.40. The van der Waals surface area contributed by atoms with Crippen LogP contribution in [-0.4, -0.2) is 46.4 Å². The molecule has 1 aliphatic carbocycles. The molecule has 7 nitrogen and oxygen atoms in total. The van der Waals surface area contributed by atoms with Crippen molar-refractivity contribution in [3.05, 3.63) is 69.3 Å². The zero-order valence-electron chi connectivity index (χ0n) is 23.8. The summed E-state index contributed by atoms with van der Waals surface area (Å²) in [6.07, 6.45) is 3.30. The van der Waals surface area contributed by atoms with Crippen LogP contribution in [0.25, 0.3) is 0 Å². The highest BCUT2D eigenvalue weighted by atomic mass is 16.5. The van der Waals surface area contributed by atoms with E-state index in [2.05, 4.69) is 13.8 Å². The summed E-state index contributed by atoms with van der Waals surface area (Å²) in [6, 6.07) is 9.62. The van der Waals surface area contributed by atoms with Crippen molar-refractivity contribution in [3.63, 3.8) is 0 Å². The van der Waals surface area contributed by atoms with Crippen LogP contribution < -0.4 is 0 Å². The Hall–Kier alpha value is -3.19. The molecule has 0 unspecified atom stereocenters. The summed E-state index contributed by atoms with van der Waals surface area (Å²) in [7, 11) is 0. The smallest absolute Gasteiger partial charge is 0.318 e. The number of aliphatic carboxylic acids is 2.